The lowest BCUT2D eigenvalue weighted by atomic mass is 10.0. The van der Waals surface area contributed by atoms with E-state index in [-0.39, 0.29) is 6.04 Å². The lowest BCUT2D eigenvalue weighted by molar-refractivity contribution is 0.538. The highest BCUT2D eigenvalue weighted by atomic mass is 15.2. The molecule has 0 radical (unpaired) electrons. The Bertz CT molecular complexity index is 254. The van der Waals surface area contributed by atoms with Crippen LogP contribution in [0.15, 0.2) is 24.3 Å². The van der Waals surface area contributed by atoms with Crippen molar-refractivity contribution in [3.63, 3.8) is 0 Å². The maximum atomic E-state index is 5.46. The number of hydrogen-bond donors (Lipinski definition) is 2. The van der Waals surface area contributed by atoms with E-state index in [2.05, 4.69) is 43.5 Å². The minimum absolute atomic E-state index is 0.284. The lowest BCUT2D eigenvalue weighted by Gasteiger charge is -2.14. The number of nitrogens with one attached hydrogen (secondary N) is 1. The lowest BCUT2D eigenvalue weighted by Crippen LogP contribution is -2.27. The van der Waals surface area contributed by atoms with E-state index in [4.69, 9.17) is 5.84 Å². The first-order chi connectivity index (χ1) is 6.31. The first kappa shape index (κ1) is 10.2. The molecular weight excluding hydrogens is 160 g/mol. The molecule has 0 aromatic heterocycles. The number of aryl methyl sites for hydroxylation is 1. The first-order valence-corrected chi connectivity index (χ1v) is 4.86. The van der Waals surface area contributed by atoms with Crippen LogP contribution >= 0.6 is 0 Å². The van der Waals surface area contributed by atoms with Crippen molar-refractivity contribution in [2.45, 2.75) is 32.7 Å². The topological polar surface area (TPSA) is 38.0 Å². The van der Waals surface area contributed by atoms with Gasteiger partial charge in [-0.3, -0.25) is 11.3 Å². The first-order valence-electron chi connectivity index (χ1n) is 4.86. The van der Waals surface area contributed by atoms with Crippen molar-refractivity contribution in [1.82, 2.24) is 5.43 Å². The van der Waals surface area contributed by atoms with Crippen molar-refractivity contribution < 1.29 is 0 Å². The average molecular weight is 178 g/mol. The van der Waals surface area contributed by atoms with Crippen molar-refractivity contribution in [3.05, 3.63) is 35.4 Å². The monoisotopic (exact) mass is 178 g/mol. The third kappa shape index (κ3) is 2.54. The van der Waals surface area contributed by atoms with Crippen LogP contribution in [0.5, 0.6) is 0 Å². The maximum Gasteiger partial charge on any atom is 0.0457 e. The predicted octanol–water partition coefficient (Wildman–Crippen LogP) is 2.16. The molecule has 1 rings (SSSR count). The van der Waals surface area contributed by atoms with Crippen LogP contribution in [0.1, 0.15) is 37.4 Å². The van der Waals surface area contributed by atoms with E-state index in [0.29, 0.717) is 0 Å². The molecule has 13 heavy (non-hydrogen) atoms. The summed E-state index contributed by atoms with van der Waals surface area (Å²) in [7, 11) is 0. The van der Waals surface area contributed by atoms with Crippen LogP contribution in [0, 0.1) is 0 Å². The molecule has 1 aromatic carbocycles. The van der Waals surface area contributed by atoms with E-state index in [1.54, 1.807) is 0 Å². The summed E-state index contributed by atoms with van der Waals surface area (Å²) < 4.78 is 0. The molecule has 0 heterocycles. The van der Waals surface area contributed by atoms with E-state index in [1.807, 2.05) is 0 Å². The number of benzene rings is 1. The molecule has 0 aliphatic carbocycles. The van der Waals surface area contributed by atoms with Crippen LogP contribution in [0.25, 0.3) is 0 Å². The van der Waals surface area contributed by atoms with E-state index in [0.717, 1.165) is 12.8 Å². The van der Waals surface area contributed by atoms with Gasteiger partial charge in [-0.15, -0.1) is 0 Å². The van der Waals surface area contributed by atoms with Gasteiger partial charge in [0.05, 0.1) is 0 Å². The minimum Gasteiger partial charge on any atom is -0.271 e. The normalized spacial score (nSPS) is 12.8. The van der Waals surface area contributed by atoms with Crippen LogP contribution in [-0.2, 0) is 6.42 Å². The predicted molar refractivity (Wildman–Crippen MR) is 56.2 cm³/mol. The van der Waals surface area contributed by atoms with Gasteiger partial charge in [0.15, 0.2) is 0 Å². The molecule has 72 valence electrons. The van der Waals surface area contributed by atoms with Crippen molar-refractivity contribution in [1.29, 1.82) is 0 Å². The van der Waals surface area contributed by atoms with Crippen molar-refractivity contribution in [2.24, 2.45) is 5.84 Å². The molecule has 0 fully saturated rings. The average Bonchev–Trinajstić information content (AvgIpc) is 2.20. The van der Waals surface area contributed by atoms with Gasteiger partial charge >= 0.3 is 0 Å². The largest absolute Gasteiger partial charge is 0.271 e. The number of nitrogens with two attached hydrogens (primary N) is 1. The SMILES string of the molecule is CCc1cccc(C(CC)NN)c1. The second-order valence-corrected chi connectivity index (χ2v) is 3.23. The standard InChI is InChI=1S/C11H18N2/c1-3-9-6-5-7-10(8-9)11(4-2)13-12/h5-8,11,13H,3-4,12H2,1-2H3. The third-order valence-electron chi connectivity index (χ3n) is 2.37. The van der Waals surface area contributed by atoms with E-state index < -0.39 is 0 Å². The van der Waals surface area contributed by atoms with Gasteiger partial charge < -0.3 is 0 Å². The maximum absolute atomic E-state index is 5.46. The zero-order valence-electron chi connectivity index (χ0n) is 8.38. The fraction of sp³-hybridized carbons (Fsp3) is 0.455. The van der Waals surface area contributed by atoms with Gasteiger partial charge in [0.2, 0.25) is 0 Å². The molecule has 0 saturated heterocycles. The number of rotatable bonds is 4. The zero-order chi connectivity index (χ0) is 9.68. The molecule has 0 bridgehead atoms. The molecule has 0 saturated carbocycles. The van der Waals surface area contributed by atoms with Gasteiger partial charge in [-0.1, -0.05) is 38.1 Å². The summed E-state index contributed by atoms with van der Waals surface area (Å²) in [4.78, 5) is 0. The number of hydrogen-bond acceptors (Lipinski definition) is 2. The van der Waals surface area contributed by atoms with E-state index >= 15 is 0 Å². The quantitative estimate of drug-likeness (QED) is 0.547. The molecule has 0 aliphatic rings. The molecule has 0 spiro atoms. The smallest absolute Gasteiger partial charge is 0.0457 e. The Labute approximate surface area is 80.1 Å². The Morgan fingerprint density at radius 2 is 2.15 bits per heavy atom. The molecule has 1 unspecified atom stereocenters. The van der Waals surface area contributed by atoms with Gasteiger partial charge in [0, 0.05) is 6.04 Å². The molecule has 3 N–H and O–H groups in total. The van der Waals surface area contributed by atoms with Crippen LogP contribution in [0.3, 0.4) is 0 Å². The Hall–Kier alpha value is -0.860. The Morgan fingerprint density at radius 1 is 1.38 bits per heavy atom. The van der Waals surface area contributed by atoms with Crippen LogP contribution in [0.2, 0.25) is 0 Å². The molecule has 1 atom stereocenters. The summed E-state index contributed by atoms with van der Waals surface area (Å²) >= 11 is 0. The molecule has 2 heteroatoms. The molecule has 0 amide bonds. The summed E-state index contributed by atoms with van der Waals surface area (Å²) in [5.74, 6) is 5.46. The highest BCUT2D eigenvalue weighted by Gasteiger charge is 2.05. The van der Waals surface area contributed by atoms with Crippen molar-refractivity contribution >= 4 is 0 Å². The van der Waals surface area contributed by atoms with Crippen molar-refractivity contribution in [2.75, 3.05) is 0 Å². The molecular formula is C11H18N2. The van der Waals surface area contributed by atoms with Gasteiger partial charge in [-0.25, -0.2) is 0 Å². The van der Waals surface area contributed by atoms with Crippen LogP contribution < -0.4 is 11.3 Å². The second-order valence-electron chi connectivity index (χ2n) is 3.23. The zero-order valence-corrected chi connectivity index (χ0v) is 8.38. The molecule has 1 aromatic rings. The Kier molecular flexibility index (Phi) is 3.93. The van der Waals surface area contributed by atoms with Crippen LogP contribution in [-0.4, -0.2) is 0 Å². The summed E-state index contributed by atoms with van der Waals surface area (Å²) in [6, 6.07) is 8.86. The summed E-state index contributed by atoms with van der Waals surface area (Å²) in [6.07, 6.45) is 2.10. The van der Waals surface area contributed by atoms with Crippen molar-refractivity contribution in [3.8, 4) is 0 Å². The van der Waals surface area contributed by atoms with Crippen LogP contribution in [0.4, 0.5) is 0 Å². The van der Waals surface area contributed by atoms with E-state index in [9.17, 15) is 0 Å². The fourth-order valence-electron chi connectivity index (χ4n) is 1.48. The molecule has 2 nitrogen and oxygen atoms in total. The highest BCUT2D eigenvalue weighted by molar-refractivity contribution is 5.25. The summed E-state index contributed by atoms with van der Waals surface area (Å²) in [5.41, 5.74) is 5.47. The van der Waals surface area contributed by atoms with Gasteiger partial charge in [0.25, 0.3) is 0 Å². The minimum atomic E-state index is 0.284. The summed E-state index contributed by atoms with van der Waals surface area (Å²) in [6.45, 7) is 4.29. The highest BCUT2D eigenvalue weighted by Crippen LogP contribution is 2.16. The molecule has 0 aliphatic heterocycles. The van der Waals surface area contributed by atoms with E-state index in [1.165, 1.54) is 11.1 Å². The second kappa shape index (κ2) is 5.00. The van der Waals surface area contributed by atoms with Gasteiger partial charge in [0.1, 0.15) is 0 Å². The third-order valence-corrected chi connectivity index (χ3v) is 2.37. The van der Waals surface area contributed by atoms with Gasteiger partial charge in [-0.05, 0) is 24.0 Å². The number of hydrazine groups is 1. The van der Waals surface area contributed by atoms with Gasteiger partial charge in [-0.2, -0.15) is 0 Å². The summed E-state index contributed by atoms with van der Waals surface area (Å²) in [5, 5.41) is 0. The Morgan fingerprint density at radius 3 is 2.69 bits per heavy atom. The Balaban J connectivity index is 2.86. The fourth-order valence-corrected chi connectivity index (χ4v) is 1.48.